The molecule has 23 heavy (non-hydrogen) atoms. The summed E-state index contributed by atoms with van der Waals surface area (Å²) in [5.74, 6) is -0.364. The molecule has 2 rings (SSSR count). The maximum absolute atomic E-state index is 12.4. The molecule has 0 aromatic heterocycles. The van der Waals surface area contributed by atoms with E-state index in [0.29, 0.717) is 12.0 Å². The Morgan fingerprint density at radius 1 is 1.39 bits per heavy atom. The van der Waals surface area contributed by atoms with Crippen LogP contribution in [0.5, 0.6) is 11.5 Å². The number of rotatable bonds is 5. The van der Waals surface area contributed by atoms with Crippen molar-refractivity contribution in [3.8, 4) is 11.5 Å². The Morgan fingerprint density at radius 2 is 2.04 bits per heavy atom. The zero-order chi connectivity index (χ0) is 17.0. The van der Waals surface area contributed by atoms with Gasteiger partial charge in [-0.25, -0.2) is 0 Å². The van der Waals surface area contributed by atoms with Gasteiger partial charge in [0, 0.05) is 37.8 Å². The van der Waals surface area contributed by atoms with E-state index in [4.69, 9.17) is 0 Å². The number of halogens is 3. The summed E-state index contributed by atoms with van der Waals surface area (Å²) in [5, 5.41) is 13.4. The third-order valence-corrected chi connectivity index (χ3v) is 3.73. The molecule has 0 radical (unpaired) electrons. The summed E-state index contributed by atoms with van der Waals surface area (Å²) in [4.78, 5) is 2.14. The number of nitrogens with one attached hydrogen (secondary N) is 1. The standard InChI is InChI=1S/C16H21F3N2O2/c1-11(2)9-14(21-7-5-20-6-8-21)13-10-12(3-4-15(13)22)23-16(17,18)19/h3-4,10,14,20,22H,1,5-9H2,2H3/t14-/m1/s1. The lowest BCUT2D eigenvalue weighted by Gasteiger charge is -2.35. The number of alkyl halides is 3. The molecular formula is C16H21F3N2O2. The average Bonchev–Trinajstić information content (AvgIpc) is 2.46. The van der Waals surface area contributed by atoms with Gasteiger partial charge >= 0.3 is 6.36 Å². The zero-order valence-corrected chi connectivity index (χ0v) is 13.0. The Labute approximate surface area is 133 Å². The van der Waals surface area contributed by atoms with Crippen molar-refractivity contribution in [1.82, 2.24) is 10.2 Å². The van der Waals surface area contributed by atoms with Crippen LogP contribution in [0.3, 0.4) is 0 Å². The second kappa shape index (κ2) is 7.23. The molecule has 1 aromatic carbocycles. The lowest BCUT2D eigenvalue weighted by molar-refractivity contribution is -0.274. The number of aromatic hydroxyl groups is 1. The first-order valence-electron chi connectivity index (χ1n) is 7.44. The van der Waals surface area contributed by atoms with E-state index in [0.717, 1.165) is 37.8 Å². The lowest BCUT2D eigenvalue weighted by atomic mass is 9.97. The van der Waals surface area contributed by atoms with Crippen LogP contribution in [0.1, 0.15) is 24.9 Å². The Morgan fingerprint density at radius 3 is 2.61 bits per heavy atom. The van der Waals surface area contributed by atoms with E-state index in [2.05, 4.69) is 21.5 Å². The molecule has 1 aliphatic rings. The predicted molar refractivity (Wildman–Crippen MR) is 81.4 cm³/mol. The number of benzene rings is 1. The maximum Gasteiger partial charge on any atom is 0.573 e. The Kier molecular flexibility index (Phi) is 5.54. The molecule has 0 unspecified atom stereocenters. The third-order valence-electron chi connectivity index (χ3n) is 3.73. The topological polar surface area (TPSA) is 44.7 Å². The number of ether oxygens (including phenoxy) is 1. The fourth-order valence-corrected chi connectivity index (χ4v) is 2.76. The Balaban J connectivity index is 2.32. The van der Waals surface area contributed by atoms with Crippen LogP contribution in [0.2, 0.25) is 0 Å². The van der Waals surface area contributed by atoms with Gasteiger partial charge in [0.05, 0.1) is 0 Å². The molecule has 0 saturated carbocycles. The number of phenols is 1. The summed E-state index contributed by atoms with van der Waals surface area (Å²) < 4.78 is 41.2. The van der Waals surface area contributed by atoms with Crippen molar-refractivity contribution in [1.29, 1.82) is 0 Å². The quantitative estimate of drug-likeness (QED) is 0.814. The monoisotopic (exact) mass is 330 g/mol. The van der Waals surface area contributed by atoms with Crippen LogP contribution in [0.4, 0.5) is 13.2 Å². The number of hydrogen-bond acceptors (Lipinski definition) is 4. The van der Waals surface area contributed by atoms with Gasteiger partial charge in [-0.1, -0.05) is 5.57 Å². The molecular weight excluding hydrogens is 309 g/mol. The molecule has 0 bridgehead atoms. The minimum absolute atomic E-state index is 0.0377. The summed E-state index contributed by atoms with van der Waals surface area (Å²) in [6, 6.07) is 3.39. The first-order chi connectivity index (χ1) is 10.8. The molecule has 1 heterocycles. The number of nitrogens with zero attached hydrogens (tertiary/aromatic N) is 1. The second-order valence-electron chi connectivity index (χ2n) is 5.73. The van der Waals surface area contributed by atoms with Gasteiger partial charge in [0.1, 0.15) is 11.5 Å². The van der Waals surface area contributed by atoms with Crippen molar-refractivity contribution in [3.05, 3.63) is 35.9 Å². The van der Waals surface area contributed by atoms with Crippen LogP contribution >= 0.6 is 0 Å². The van der Waals surface area contributed by atoms with Crippen LogP contribution in [0.25, 0.3) is 0 Å². The van der Waals surface area contributed by atoms with E-state index in [9.17, 15) is 18.3 Å². The van der Waals surface area contributed by atoms with Crippen molar-refractivity contribution in [2.75, 3.05) is 26.2 Å². The van der Waals surface area contributed by atoms with Crippen LogP contribution < -0.4 is 10.1 Å². The van der Waals surface area contributed by atoms with Crippen molar-refractivity contribution >= 4 is 0 Å². The fraction of sp³-hybridized carbons (Fsp3) is 0.500. The summed E-state index contributed by atoms with van der Waals surface area (Å²) >= 11 is 0. The normalized spacial score (nSPS) is 17.7. The van der Waals surface area contributed by atoms with E-state index in [1.165, 1.54) is 12.1 Å². The van der Waals surface area contributed by atoms with Gasteiger partial charge in [-0.2, -0.15) is 0 Å². The minimum atomic E-state index is -4.76. The van der Waals surface area contributed by atoms with Crippen molar-refractivity contribution in [2.45, 2.75) is 25.7 Å². The lowest BCUT2D eigenvalue weighted by Crippen LogP contribution is -2.45. The maximum atomic E-state index is 12.4. The SMILES string of the molecule is C=C(C)C[C@H](c1cc(OC(F)(F)F)ccc1O)N1CCNCC1. The Bertz CT molecular complexity index is 555. The van der Waals surface area contributed by atoms with Gasteiger partial charge in [0.25, 0.3) is 0 Å². The van der Waals surface area contributed by atoms with E-state index >= 15 is 0 Å². The predicted octanol–water partition coefficient (Wildman–Crippen LogP) is 3.20. The first-order valence-corrected chi connectivity index (χ1v) is 7.44. The fourth-order valence-electron chi connectivity index (χ4n) is 2.76. The van der Waals surface area contributed by atoms with Gasteiger partial charge in [-0.05, 0) is 31.5 Å². The van der Waals surface area contributed by atoms with Crippen LogP contribution in [0, 0.1) is 0 Å². The van der Waals surface area contributed by atoms with Crippen molar-refractivity contribution in [2.24, 2.45) is 0 Å². The van der Waals surface area contributed by atoms with Gasteiger partial charge in [0.2, 0.25) is 0 Å². The van der Waals surface area contributed by atoms with Crippen LogP contribution in [-0.2, 0) is 0 Å². The highest BCUT2D eigenvalue weighted by atomic mass is 19.4. The third kappa shape index (κ3) is 5.14. The molecule has 0 aliphatic carbocycles. The molecule has 0 spiro atoms. The van der Waals surface area contributed by atoms with Gasteiger partial charge in [-0.3, -0.25) is 4.90 Å². The molecule has 1 aliphatic heterocycles. The largest absolute Gasteiger partial charge is 0.573 e. The highest BCUT2D eigenvalue weighted by molar-refractivity contribution is 5.42. The van der Waals surface area contributed by atoms with Gasteiger partial charge in [-0.15, -0.1) is 19.8 Å². The number of piperazine rings is 1. The smallest absolute Gasteiger partial charge is 0.508 e. The minimum Gasteiger partial charge on any atom is -0.508 e. The van der Waals surface area contributed by atoms with Crippen LogP contribution in [0.15, 0.2) is 30.4 Å². The summed E-state index contributed by atoms with van der Waals surface area (Å²) in [5.41, 5.74) is 1.33. The zero-order valence-electron chi connectivity index (χ0n) is 13.0. The summed E-state index contributed by atoms with van der Waals surface area (Å²) in [6.45, 7) is 8.85. The summed E-state index contributed by atoms with van der Waals surface area (Å²) in [7, 11) is 0. The summed E-state index contributed by atoms with van der Waals surface area (Å²) in [6.07, 6.45) is -4.20. The molecule has 2 N–H and O–H groups in total. The van der Waals surface area contributed by atoms with Gasteiger partial charge in [0.15, 0.2) is 0 Å². The molecule has 128 valence electrons. The van der Waals surface area contributed by atoms with E-state index in [-0.39, 0.29) is 17.5 Å². The van der Waals surface area contributed by atoms with Gasteiger partial charge < -0.3 is 15.2 Å². The average molecular weight is 330 g/mol. The molecule has 1 saturated heterocycles. The Hall–Kier alpha value is -1.73. The number of hydrogen-bond donors (Lipinski definition) is 2. The van der Waals surface area contributed by atoms with Crippen LogP contribution in [-0.4, -0.2) is 42.5 Å². The highest BCUT2D eigenvalue weighted by Gasteiger charge is 2.32. The molecule has 4 nitrogen and oxygen atoms in total. The highest BCUT2D eigenvalue weighted by Crippen LogP contribution is 2.36. The molecule has 1 aromatic rings. The second-order valence-corrected chi connectivity index (χ2v) is 5.73. The molecule has 1 fully saturated rings. The van der Waals surface area contributed by atoms with Crippen molar-refractivity contribution in [3.63, 3.8) is 0 Å². The molecule has 7 heteroatoms. The first kappa shape index (κ1) is 17.6. The number of phenolic OH excluding ortho intramolecular Hbond substituents is 1. The van der Waals surface area contributed by atoms with Crippen molar-refractivity contribution < 1.29 is 23.0 Å². The van der Waals surface area contributed by atoms with E-state index in [1.807, 2.05) is 6.92 Å². The molecule has 0 amide bonds. The van der Waals surface area contributed by atoms with E-state index < -0.39 is 6.36 Å². The molecule has 1 atom stereocenters. The van der Waals surface area contributed by atoms with E-state index in [1.54, 1.807) is 0 Å².